The van der Waals surface area contributed by atoms with E-state index in [1.54, 1.807) is 13.0 Å². The lowest BCUT2D eigenvalue weighted by Crippen LogP contribution is -2.17. The molecule has 0 spiro atoms. The number of ether oxygens (including phenoxy) is 3. The van der Waals surface area contributed by atoms with Crippen LogP contribution in [0.1, 0.15) is 36.5 Å². The van der Waals surface area contributed by atoms with E-state index in [2.05, 4.69) is 4.74 Å². The quantitative estimate of drug-likeness (QED) is 0.217. The second-order valence-corrected chi connectivity index (χ2v) is 8.42. The lowest BCUT2D eigenvalue weighted by molar-refractivity contribution is -0.140. The Balaban J connectivity index is 1.65. The van der Waals surface area contributed by atoms with Gasteiger partial charge in [-0.05, 0) is 67.8 Å². The highest BCUT2D eigenvalue weighted by atomic mass is 19.4. The zero-order valence-electron chi connectivity index (χ0n) is 20.3. The van der Waals surface area contributed by atoms with E-state index >= 15 is 0 Å². The van der Waals surface area contributed by atoms with Crippen molar-refractivity contribution in [3.63, 3.8) is 0 Å². The number of rotatable bonds is 10. The Hall–Kier alpha value is -3.55. The maximum atomic E-state index is 14.4. The topological polar surface area (TPSA) is 44.8 Å². The molecule has 0 aliphatic carbocycles. The van der Waals surface area contributed by atoms with Crippen LogP contribution in [0.5, 0.6) is 11.5 Å². The summed E-state index contributed by atoms with van der Waals surface area (Å²) in [5, 5.41) is 0. The number of esters is 1. The Bertz CT molecular complexity index is 1190. The van der Waals surface area contributed by atoms with Crippen LogP contribution < -0.4 is 9.47 Å². The summed E-state index contributed by atoms with van der Waals surface area (Å²) in [6.07, 6.45) is -3.66. The van der Waals surface area contributed by atoms with Gasteiger partial charge in [0.2, 0.25) is 0 Å². The van der Waals surface area contributed by atoms with Crippen LogP contribution in [0.2, 0.25) is 0 Å². The Kier molecular flexibility index (Phi) is 8.96. The summed E-state index contributed by atoms with van der Waals surface area (Å²) in [6.45, 7) is 4.01. The molecule has 8 heteroatoms. The van der Waals surface area contributed by atoms with Crippen molar-refractivity contribution in [2.24, 2.45) is 0 Å². The van der Waals surface area contributed by atoms with Gasteiger partial charge in [-0.15, -0.1) is 0 Å². The van der Waals surface area contributed by atoms with Crippen molar-refractivity contribution >= 4 is 5.97 Å². The van der Waals surface area contributed by atoms with E-state index < -0.39 is 23.7 Å². The highest BCUT2D eigenvalue weighted by molar-refractivity contribution is 5.72. The van der Waals surface area contributed by atoms with Gasteiger partial charge >= 0.3 is 12.1 Å². The monoisotopic (exact) mass is 504 g/mol. The third-order valence-electron chi connectivity index (χ3n) is 5.73. The molecule has 0 bridgehead atoms. The van der Waals surface area contributed by atoms with Crippen molar-refractivity contribution in [3.8, 4) is 22.6 Å². The van der Waals surface area contributed by atoms with Crippen LogP contribution in [0, 0.1) is 12.7 Å². The Morgan fingerprint density at radius 2 is 1.75 bits per heavy atom. The van der Waals surface area contributed by atoms with Crippen molar-refractivity contribution in [1.29, 1.82) is 0 Å². The summed E-state index contributed by atoms with van der Waals surface area (Å²) in [5.41, 5.74) is 1.19. The van der Waals surface area contributed by atoms with Crippen LogP contribution in [0.4, 0.5) is 17.6 Å². The summed E-state index contributed by atoms with van der Waals surface area (Å²) in [4.78, 5) is 11.4. The van der Waals surface area contributed by atoms with E-state index in [0.29, 0.717) is 31.6 Å². The summed E-state index contributed by atoms with van der Waals surface area (Å²) in [7, 11) is 1.36. The fraction of sp³-hybridized carbons (Fsp3) is 0.321. The molecule has 0 saturated heterocycles. The molecule has 0 radical (unpaired) electrons. The molecule has 3 aromatic rings. The molecule has 4 nitrogen and oxygen atoms in total. The van der Waals surface area contributed by atoms with Crippen LogP contribution in [0.3, 0.4) is 0 Å². The molecule has 0 heterocycles. The van der Waals surface area contributed by atoms with Crippen LogP contribution in [-0.4, -0.2) is 25.8 Å². The first-order valence-corrected chi connectivity index (χ1v) is 11.5. The lowest BCUT2D eigenvalue weighted by atomic mass is 10.0. The van der Waals surface area contributed by atoms with Gasteiger partial charge in [0, 0.05) is 24.0 Å². The standard InChI is InChI=1S/C28H28F4O4/c1-18-16-22(11-8-20(18)9-13-27(33)34-3)35-15-14-19(2)36-26-12-10-21(28(30,31)32)17-24(26)23-6-4-5-7-25(23)29/h4-8,10-12,16-17,19H,9,13-15H2,1-3H3/t19-/m0/s1. The third kappa shape index (κ3) is 7.23. The molecule has 0 fully saturated rings. The van der Waals surface area contributed by atoms with Gasteiger partial charge in [-0.2, -0.15) is 13.2 Å². The fourth-order valence-corrected chi connectivity index (χ4v) is 3.70. The van der Waals surface area contributed by atoms with E-state index in [9.17, 15) is 22.4 Å². The molecule has 0 amide bonds. The van der Waals surface area contributed by atoms with Crippen molar-refractivity contribution in [2.75, 3.05) is 13.7 Å². The Labute approximate surface area is 207 Å². The molecular formula is C28H28F4O4. The average molecular weight is 505 g/mol. The van der Waals surface area contributed by atoms with Crippen molar-refractivity contribution in [2.45, 2.75) is 45.4 Å². The number of aryl methyl sites for hydroxylation is 2. The zero-order valence-corrected chi connectivity index (χ0v) is 20.3. The molecule has 0 N–H and O–H groups in total. The normalized spacial score (nSPS) is 12.2. The third-order valence-corrected chi connectivity index (χ3v) is 5.73. The summed E-state index contributed by atoms with van der Waals surface area (Å²) in [5.74, 6) is -0.0903. The van der Waals surface area contributed by atoms with Crippen molar-refractivity contribution in [1.82, 2.24) is 0 Å². The molecule has 3 rings (SSSR count). The Morgan fingerprint density at radius 1 is 1.00 bits per heavy atom. The minimum Gasteiger partial charge on any atom is -0.493 e. The summed E-state index contributed by atoms with van der Waals surface area (Å²) >= 11 is 0. The zero-order chi connectivity index (χ0) is 26.3. The van der Waals surface area contributed by atoms with Gasteiger partial charge in [-0.3, -0.25) is 4.79 Å². The van der Waals surface area contributed by atoms with E-state index in [1.807, 2.05) is 25.1 Å². The fourth-order valence-electron chi connectivity index (χ4n) is 3.70. The van der Waals surface area contributed by atoms with Gasteiger partial charge in [0.15, 0.2) is 0 Å². The van der Waals surface area contributed by atoms with Crippen LogP contribution >= 0.6 is 0 Å². The smallest absolute Gasteiger partial charge is 0.416 e. The maximum absolute atomic E-state index is 14.4. The first-order chi connectivity index (χ1) is 17.1. The summed E-state index contributed by atoms with van der Waals surface area (Å²) in [6, 6.07) is 14.3. The first-order valence-electron chi connectivity index (χ1n) is 11.5. The molecule has 0 unspecified atom stereocenters. The van der Waals surface area contributed by atoms with Gasteiger partial charge in [-0.25, -0.2) is 4.39 Å². The van der Waals surface area contributed by atoms with Crippen molar-refractivity contribution < 1.29 is 36.6 Å². The van der Waals surface area contributed by atoms with Gasteiger partial charge in [0.1, 0.15) is 17.3 Å². The number of benzene rings is 3. The predicted molar refractivity (Wildman–Crippen MR) is 129 cm³/mol. The number of methoxy groups -OCH3 is 1. The highest BCUT2D eigenvalue weighted by Crippen LogP contribution is 2.38. The molecule has 36 heavy (non-hydrogen) atoms. The number of halogens is 4. The second kappa shape index (κ2) is 11.9. The first kappa shape index (κ1) is 27.0. The van der Waals surface area contributed by atoms with Crippen molar-refractivity contribution in [3.05, 3.63) is 83.2 Å². The molecule has 0 aliphatic heterocycles. The van der Waals surface area contributed by atoms with E-state index in [0.717, 1.165) is 23.3 Å². The molecule has 3 aromatic carbocycles. The predicted octanol–water partition coefficient (Wildman–Crippen LogP) is 7.16. The largest absolute Gasteiger partial charge is 0.493 e. The van der Waals surface area contributed by atoms with Crippen LogP contribution in [0.25, 0.3) is 11.1 Å². The molecule has 0 saturated carbocycles. The Morgan fingerprint density at radius 3 is 2.42 bits per heavy atom. The number of carbonyl (C=O) groups is 1. The number of hydrogen-bond donors (Lipinski definition) is 0. The van der Waals surface area contributed by atoms with Gasteiger partial charge in [0.25, 0.3) is 0 Å². The minimum absolute atomic E-state index is 0.0322. The second-order valence-electron chi connectivity index (χ2n) is 8.42. The minimum atomic E-state index is -4.56. The molecule has 1 atom stereocenters. The molecule has 0 aliphatic rings. The van der Waals surface area contributed by atoms with E-state index in [4.69, 9.17) is 9.47 Å². The van der Waals surface area contributed by atoms with E-state index in [-0.39, 0.29) is 22.8 Å². The molecular weight excluding hydrogens is 476 g/mol. The van der Waals surface area contributed by atoms with Gasteiger partial charge in [0.05, 0.1) is 25.4 Å². The molecule has 192 valence electrons. The number of alkyl halides is 3. The maximum Gasteiger partial charge on any atom is 0.416 e. The number of hydrogen-bond acceptors (Lipinski definition) is 4. The van der Waals surface area contributed by atoms with Crippen LogP contribution in [-0.2, 0) is 22.1 Å². The molecule has 0 aromatic heterocycles. The van der Waals surface area contributed by atoms with Crippen LogP contribution in [0.15, 0.2) is 60.7 Å². The number of carbonyl (C=O) groups excluding carboxylic acids is 1. The van der Waals surface area contributed by atoms with E-state index in [1.165, 1.54) is 31.4 Å². The lowest BCUT2D eigenvalue weighted by Gasteiger charge is -2.20. The van der Waals surface area contributed by atoms with Gasteiger partial charge in [-0.1, -0.05) is 24.3 Å². The average Bonchev–Trinajstić information content (AvgIpc) is 2.83. The highest BCUT2D eigenvalue weighted by Gasteiger charge is 2.31. The van der Waals surface area contributed by atoms with Gasteiger partial charge < -0.3 is 14.2 Å². The SMILES string of the molecule is COC(=O)CCc1ccc(OCC[C@H](C)Oc2ccc(C(F)(F)F)cc2-c2ccccc2F)cc1C. The summed E-state index contributed by atoms with van der Waals surface area (Å²) < 4.78 is 70.6.